The van der Waals surface area contributed by atoms with Crippen LogP contribution in [-0.4, -0.2) is 16.8 Å². The Morgan fingerprint density at radius 2 is 1.87 bits per heavy atom. The van der Waals surface area contributed by atoms with E-state index in [0.717, 1.165) is 25.1 Å². The summed E-state index contributed by atoms with van der Waals surface area (Å²) in [6, 6.07) is 0.550. The Bertz CT molecular complexity index is 311. The van der Waals surface area contributed by atoms with E-state index in [-0.39, 0.29) is 0 Å². The van der Waals surface area contributed by atoms with E-state index in [2.05, 4.69) is 42.8 Å². The van der Waals surface area contributed by atoms with Crippen molar-refractivity contribution < 1.29 is 0 Å². The number of aromatic nitrogens is 2. The summed E-state index contributed by atoms with van der Waals surface area (Å²) in [6.07, 6.45) is 2.30. The molecule has 1 aromatic heterocycles. The second kappa shape index (κ2) is 5.31. The van der Waals surface area contributed by atoms with Crippen molar-refractivity contribution in [1.29, 1.82) is 0 Å². The summed E-state index contributed by atoms with van der Waals surface area (Å²) < 4.78 is 2.20. The quantitative estimate of drug-likeness (QED) is 0.807. The highest BCUT2D eigenvalue weighted by molar-refractivity contribution is 5.24. The molecule has 1 rings (SSSR count). The van der Waals surface area contributed by atoms with E-state index in [4.69, 9.17) is 0 Å². The molecule has 3 heteroatoms. The molecule has 0 radical (unpaired) electrons. The van der Waals surface area contributed by atoms with Gasteiger partial charge in [-0.2, -0.15) is 5.10 Å². The van der Waals surface area contributed by atoms with Crippen LogP contribution in [0.3, 0.4) is 0 Å². The van der Waals surface area contributed by atoms with Crippen LogP contribution < -0.4 is 5.32 Å². The second-order valence-corrected chi connectivity index (χ2v) is 4.09. The van der Waals surface area contributed by atoms with Crippen LogP contribution in [0.4, 0.5) is 0 Å². The molecule has 15 heavy (non-hydrogen) atoms. The van der Waals surface area contributed by atoms with Crippen molar-refractivity contribution in [3.63, 3.8) is 0 Å². The number of nitrogens with one attached hydrogen (secondary N) is 1. The van der Waals surface area contributed by atoms with E-state index in [1.807, 2.05) is 7.05 Å². The van der Waals surface area contributed by atoms with Gasteiger partial charge in [0.1, 0.15) is 0 Å². The van der Waals surface area contributed by atoms with Gasteiger partial charge >= 0.3 is 0 Å². The SMILES string of the molecule is CCC(CC)n1nc(C)c(CNC)c1C. The predicted octanol–water partition coefficient (Wildman–Crippen LogP) is 2.58. The van der Waals surface area contributed by atoms with Gasteiger partial charge in [-0.25, -0.2) is 0 Å². The maximum Gasteiger partial charge on any atom is 0.0641 e. The lowest BCUT2D eigenvalue weighted by Gasteiger charge is -2.15. The van der Waals surface area contributed by atoms with Gasteiger partial charge in [0.05, 0.1) is 11.7 Å². The van der Waals surface area contributed by atoms with Crippen LogP contribution in [0.1, 0.15) is 49.7 Å². The van der Waals surface area contributed by atoms with E-state index in [9.17, 15) is 0 Å². The highest BCUT2D eigenvalue weighted by Crippen LogP contribution is 2.21. The minimum atomic E-state index is 0.550. The standard InChI is InChI=1S/C12H23N3/c1-6-11(7-2)15-10(4)12(8-13-5)9(3)14-15/h11,13H,6-8H2,1-5H3. The first kappa shape index (κ1) is 12.2. The van der Waals surface area contributed by atoms with Crippen molar-refractivity contribution in [2.24, 2.45) is 0 Å². The maximum absolute atomic E-state index is 4.65. The van der Waals surface area contributed by atoms with Crippen molar-refractivity contribution in [3.05, 3.63) is 17.0 Å². The molecule has 0 aliphatic heterocycles. The van der Waals surface area contributed by atoms with Crippen LogP contribution in [0.5, 0.6) is 0 Å². The van der Waals surface area contributed by atoms with Gasteiger partial charge in [0.25, 0.3) is 0 Å². The Hall–Kier alpha value is -0.830. The summed E-state index contributed by atoms with van der Waals surface area (Å²) in [5.41, 5.74) is 3.83. The van der Waals surface area contributed by atoms with Gasteiger partial charge in [0, 0.05) is 17.8 Å². The molecule has 1 heterocycles. The predicted molar refractivity (Wildman–Crippen MR) is 64.1 cm³/mol. The first-order chi connectivity index (χ1) is 7.15. The molecule has 1 aromatic rings. The third kappa shape index (κ3) is 2.40. The van der Waals surface area contributed by atoms with E-state index in [1.165, 1.54) is 11.3 Å². The van der Waals surface area contributed by atoms with Crippen LogP contribution in [0, 0.1) is 13.8 Å². The Morgan fingerprint density at radius 1 is 1.27 bits per heavy atom. The Kier molecular flexibility index (Phi) is 4.33. The lowest BCUT2D eigenvalue weighted by atomic mass is 10.1. The third-order valence-electron chi connectivity index (χ3n) is 3.12. The molecule has 1 N–H and O–H groups in total. The molecule has 0 aliphatic carbocycles. The van der Waals surface area contributed by atoms with Gasteiger partial charge in [-0.15, -0.1) is 0 Å². The minimum Gasteiger partial charge on any atom is -0.316 e. The summed E-state index contributed by atoms with van der Waals surface area (Å²) in [7, 11) is 1.98. The topological polar surface area (TPSA) is 29.9 Å². The Balaban J connectivity index is 3.04. The average molecular weight is 209 g/mol. The molecular formula is C12H23N3. The molecule has 0 saturated carbocycles. The molecule has 0 bridgehead atoms. The highest BCUT2D eigenvalue weighted by atomic mass is 15.3. The van der Waals surface area contributed by atoms with Crippen LogP contribution >= 0.6 is 0 Å². The Labute approximate surface area is 92.9 Å². The number of hydrogen-bond acceptors (Lipinski definition) is 2. The summed E-state index contributed by atoms with van der Waals surface area (Å²) in [5, 5.41) is 7.85. The van der Waals surface area contributed by atoms with Gasteiger partial charge < -0.3 is 5.32 Å². The highest BCUT2D eigenvalue weighted by Gasteiger charge is 2.15. The van der Waals surface area contributed by atoms with Crippen LogP contribution in [0.2, 0.25) is 0 Å². The molecule has 0 saturated heterocycles. The Morgan fingerprint density at radius 3 is 2.33 bits per heavy atom. The van der Waals surface area contributed by atoms with Crippen molar-refractivity contribution in [3.8, 4) is 0 Å². The molecular weight excluding hydrogens is 186 g/mol. The zero-order valence-corrected chi connectivity index (χ0v) is 10.6. The number of aryl methyl sites for hydroxylation is 1. The van der Waals surface area contributed by atoms with Crippen molar-refractivity contribution in [1.82, 2.24) is 15.1 Å². The van der Waals surface area contributed by atoms with Crippen LogP contribution in [0.15, 0.2) is 0 Å². The van der Waals surface area contributed by atoms with Gasteiger partial charge in [-0.05, 0) is 33.7 Å². The number of rotatable bonds is 5. The lowest BCUT2D eigenvalue weighted by Crippen LogP contribution is -2.12. The zero-order chi connectivity index (χ0) is 11.4. The fourth-order valence-electron chi connectivity index (χ4n) is 2.12. The molecule has 0 aliphatic rings. The molecule has 0 fully saturated rings. The fraction of sp³-hybridized carbons (Fsp3) is 0.750. The molecule has 0 aromatic carbocycles. The summed E-state index contributed by atoms with van der Waals surface area (Å²) in [6.45, 7) is 9.63. The maximum atomic E-state index is 4.65. The minimum absolute atomic E-state index is 0.550. The number of nitrogens with zero attached hydrogens (tertiary/aromatic N) is 2. The van der Waals surface area contributed by atoms with Crippen molar-refractivity contribution >= 4 is 0 Å². The molecule has 0 amide bonds. The van der Waals surface area contributed by atoms with E-state index in [1.54, 1.807) is 0 Å². The monoisotopic (exact) mass is 209 g/mol. The van der Waals surface area contributed by atoms with Crippen LogP contribution in [-0.2, 0) is 6.54 Å². The zero-order valence-electron chi connectivity index (χ0n) is 10.6. The lowest BCUT2D eigenvalue weighted by molar-refractivity contribution is 0.418. The van der Waals surface area contributed by atoms with Crippen molar-refractivity contribution in [2.45, 2.75) is 53.1 Å². The van der Waals surface area contributed by atoms with Gasteiger partial charge in [0.15, 0.2) is 0 Å². The smallest absolute Gasteiger partial charge is 0.0641 e. The molecule has 0 unspecified atom stereocenters. The van der Waals surface area contributed by atoms with E-state index < -0.39 is 0 Å². The van der Waals surface area contributed by atoms with Gasteiger partial charge in [-0.1, -0.05) is 13.8 Å². The second-order valence-electron chi connectivity index (χ2n) is 4.09. The van der Waals surface area contributed by atoms with E-state index in [0.29, 0.717) is 6.04 Å². The number of hydrogen-bond donors (Lipinski definition) is 1. The normalized spacial score (nSPS) is 11.3. The molecule has 3 nitrogen and oxygen atoms in total. The molecule has 86 valence electrons. The first-order valence-electron chi connectivity index (χ1n) is 5.84. The van der Waals surface area contributed by atoms with Gasteiger partial charge in [0.2, 0.25) is 0 Å². The molecule has 0 spiro atoms. The third-order valence-corrected chi connectivity index (χ3v) is 3.12. The average Bonchev–Trinajstić information content (AvgIpc) is 2.49. The van der Waals surface area contributed by atoms with Crippen molar-refractivity contribution in [2.75, 3.05) is 7.05 Å². The summed E-state index contributed by atoms with van der Waals surface area (Å²) >= 11 is 0. The first-order valence-corrected chi connectivity index (χ1v) is 5.84. The largest absolute Gasteiger partial charge is 0.316 e. The fourth-order valence-corrected chi connectivity index (χ4v) is 2.12. The summed E-state index contributed by atoms with van der Waals surface area (Å²) in [4.78, 5) is 0. The van der Waals surface area contributed by atoms with Crippen LogP contribution in [0.25, 0.3) is 0 Å². The van der Waals surface area contributed by atoms with E-state index >= 15 is 0 Å². The van der Waals surface area contributed by atoms with Gasteiger partial charge in [-0.3, -0.25) is 4.68 Å². The molecule has 0 atom stereocenters. The summed E-state index contributed by atoms with van der Waals surface area (Å²) in [5.74, 6) is 0.